The van der Waals surface area contributed by atoms with Crippen LogP contribution in [0.3, 0.4) is 0 Å². The fourth-order valence-corrected chi connectivity index (χ4v) is 2.63. The maximum atomic E-state index is 12.6. The molecule has 0 saturated heterocycles. The van der Waals surface area contributed by atoms with E-state index in [2.05, 4.69) is 18.8 Å². The lowest BCUT2D eigenvalue weighted by molar-refractivity contribution is 0.0747. The van der Waals surface area contributed by atoms with Gasteiger partial charge in [0.1, 0.15) is 5.15 Å². The molecule has 0 unspecified atom stereocenters. The highest BCUT2D eigenvalue weighted by Crippen LogP contribution is 2.30. The largest absolute Gasteiger partial charge is 0.338 e. The van der Waals surface area contributed by atoms with E-state index in [9.17, 15) is 4.79 Å². The highest BCUT2D eigenvalue weighted by atomic mass is 35.5. The van der Waals surface area contributed by atoms with Gasteiger partial charge in [-0.3, -0.25) is 4.79 Å². The van der Waals surface area contributed by atoms with Crippen molar-refractivity contribution >= 4 is 17.5 Å². The Kier molecular flexibility index (Phi) is 5.41. The summed E-state index contributed by atoms with van der Waals surface area (Å²) >= 11 is 6.05. The molecule has 20 heavy (non-hydrogen) atoms. The van der Waals surface area contributed by atoms with Crippen LogP contribution in [0.25, 0.3) is 0 Å². The molecule has 0 bridgehead atoms. The van der Waals surface area contributed by atoms with Crippen molar-refractivity contribution in [1.82, 2.24) is 9.88 Å². The summed E-state index contributed by atoms with van der Waals surface area (Å²) in [5, 5.41) is 0.419. The van der Waals surface area contributed by atoms with Gasteiger partial charge in [-0.25, -0.2) is 4.98 Å². The first kappa shape index (κ1) is 15.3. The Bertz CT molecular complexity index is 472. The second-order valence-electron chi connectivity index (χ2n) is 5.61. The summed E-state index contributed by atoms with van der Waals surface area (Å²) in [5.74, 6) is 0.804. The second kappa shape index (κ2) is 7.07. The molecule has 1 saturated carbocycles. The van der Waals surface area contributed by atoms with Crippen LogP contribution in [0.1, 0.15) is 55.6 Å². The zero-order chi connectivity index (χ0) is 14.5. The van der Waals surface area contributed by atoms with Crippen molar-refractivity contribution < 1.29 is 4.79 Å². The van der Waals surface area contributed by atoms with Crippen LogP contribution in [0.15, 0.2) is 12.1 Å². The van der Waals surface area contributed by atoms with Crippen LogP contribution < -0.4 is 0 Å². The lowest BCUT2D eigenvalue weighted by atomic mass is 10.1. The highest BCUT2D eigenvalue weighted by Gasteiger charge is 2.27. The highest BCUT2D eigenvalue weighted by molar-refractivity contribution is 6.29. The molecule has 0 N–H and O–H groups in total. The summed E-state index contributed by atoms with van der Waals surface area (Å²) < 4.78 is 0. The molecule has 3 nitrogen and oxygen atoms in total. The number of nitrogens with zero attached hydrogens (tertiary/aromatic N) is 2. The van der Waals surface area contributed by atoms with E-state index in [-0.39, 0.29) is 5.91 Å². The van der Waals surface area contributed by atoms with E-state index in [1.807, 2.05) is 11.0 Å². The standard InChI is InChI=1S/C16H23ClN2O/c1-3-5-14-9-13(10-15(17)18-14)16(20)19(8-4-2)11-12-6-7-12/h9-10,12H,3-8,11H2,1-2H3. The first-order chi connectivity index (χ1) is 9.63. The molecule has 110 valence electrons. The van der Waals surface area contributed by atoms with Gasteiger partial charge in [0.15, 0.2) is 0 Å². The summed E-state index contributed by atoms with van der Waals surface area (Å²) in [6.45, 7) is 5.91. The van der Waals surface area contributed by atoms with Crippen LogP contribution in [-0.2, 0) is 6.42 Å². The zero-order valence-electron chi connectivity index (χ0n) is 12.4. The maximum absolute atomic E-state index is 12.6. The molecule has 1 heterocycles. The predicted octanol–water partition coefficient (Wildman–Crippen LogP) is 3.95. The molecule has 1 aromatic heterocycles. The summed E-state index contributed by atoms with van der Waals surface area (Å²) in [7, 11) is 0. The summed E-state index contributed by atoms with van der Waals surface area (Å²) in [4.78, 5) is 18.9. The van der Waals surface area contributed by atoms with Crippen LogP contribution in [0, 0.1) is 5.92 Å². The first-order valence-corrected chi connectivity index (χ1v) is 7.97. The van der Waals surface area contributed by atoms with Crippen molar-refractivity contribution in [2.75, 3.05) is 13.1 Å². The normalized spacial score (nSPS) is 14.3. The number of aryl methyl sites for hydroxylation is 1. The Morgan fingerprint density at radius 1 is 1.35 bits per heavy atom. The third-order valence-corrected chi connectivity index (χ3v) is 3.75. The monoisotopic (exact) mass is 294 g/mol. The number of aromatic nitrogens is 1. The molecule has 0 atom stereocenters. The number of carbonyl (C=O) groups excluding carboxylic acids is 1. The van der Waals surface area contributed by atoms with Crippen molar-refractivity contribution in [3.8, 4) is 0 Å². The van der Waals surface area contributed by atoms with Crippen molar-refractivity contribution in [3.05, 3.63) is 28.5 Å². The summed E-state index contributed by atoms with van der Waals surface area (Å²) in [6.07, 6.45) is 5.36. The van der Waals surface area contributed by atoms with Gasteiger partial charge in [-0.15, -0.1) is 0 Å². The van der Waals surface area contributed by atoms with E-state index in [1.54, 1.807) is 6.07 Å². The summed E-state index contributed by atoms with van der Waals surface area (Å²) in [5.41, 5.74) is 1.59. The van der Waals surface area contributed by atoms with Crippen LogP contribution in [-0.4, -0.2) is 28.9 Å². The van der Waals surface area contributed by atoms with Crippen molar-refractivity contribution in [2.45, 2.75) is 46.0 Å². The number of pyridine rings is 1. The molecule has 0 aliphatic heterocycles. The quantitative estimate of drug-likeness (QED) is 0.713. The third kappa shape index (κ3) is 4.20. The van der Waals surface area contributed by atoms with Crippen LogP contribution in [0.4, 0.5) is 0 Å². The van der Waals surface area contributed by atoms with E-state index in [1.165, 1.54) is 12.8 Å². The van der Waals surface area contributed by atoms with Crippen molar-refractivity contribution in [1.29, 1.82) is 0 Å². The average Bonchev–Trinajstić information content (AvgIpc) is 3.21. The Hall–Kier alpha value is -1.09. The molecule has 0 radical (unpaired) electrons. The molecule has 0 spiro atoms. The molecule has 2 rings (SSSR count). The van der Waals surface area contributed by atoms with Gasteiger partial charge in [0, 0.05) is 24.3 Å². The number of halogens is 1. The van der Waals surface area contributed by atoms with Gasteiger partial charge < -0.3 is 4.90 Å². The Balaban J connectivity index is 2.15. The Morgan fingerprint density at radius 2 is 2.10 bits per heavy atom. The molecule has 4 heteroatoms. The van der Waals surface area contributed by atoms with Gasteiger partial charge in [0.25, 0.3) is 5.91 Å². The molecule has 1 amide bonds. The third-order valence-electron chi connectivity index (χ3n) is 3.56. The second-order valence-corrected chi connectivity index (χ2v) is 6.00. The van der Waals surface area contributed by atoms with Gasteiger partial charge in [0.05, 0.1) is 0 Å². The lowest BCUT2D eigenvalue weighted by Gasteiger charge is -2.22. The van der Waals surface area contributed by atoms with Gasteiger partial charge >= 0.3 is 0 Å². The lowest BCUT2D eigenvalue weighted by Crippen LogP contribution is -2.33. The van der Waals surface area contributed by atoms with E-state index >= 15 is 0 Å². The smallest absolute Gasteiger partial charge is 0.254 e. The molecular weight excluding hydrogens is 272 g/mol. The minimum atomic E-state index is 0.0976. The van der Waals surface area contributed by atoms with E-state index < -0.39 is 0 Å². The topological polar surface area (TPSA) is 33.2 Å². The van der Waals surface area contributed by atoms with Gasteiger partial charge in [-0.05, 0) is 43.7 Å². The fraction of sp³-hybridized carbons (Fsp3) is 0.625. The van der Waals surface area contributed by atoms with Crippen molar-refractivity contribution in [3.63, 3.8) is 0 Å². The molecule has 0 aromatic carbocycles. The number of rotatable bonds is 7. The SMILES string of the molecule is CCCc1cc(C(=O)N(CCC)CC2CC2)cc(Cl)n1. The predicted molar refractivity (Wildman–Crippen MR) is 82.2 cm³/mol. The van der Waals surface area contributed by atoms with Gasteiger partial charge in [0.2, 0.25) is 0 Å². The average molecular weight is 295 g/mol. The molecule has 1 fully saturated rings. The Morgan fingerprint density at radius 3 is 2.70 bits per heavy atom. The van der Waals surface area contributed by atoms with Gasteiger partial charge in [-0.2, -0.15) is 0 Å². The molecule has 1 aromatic rings. The number of hydrogen-bond acceptors (Lipinski definition) is 2. The first-order valence-electron chi connectivity index (χ1n) is 7.59. The van der Waals surface area contributed by atoms with E-state index in [0.29, 0.717) is 16.6 Å². The number of carbonyl (C=O) groups is 1. The maximum Gasteiger partial charge on any atom is 0.254 e. The zero-order valence-corrected chi connectivity index (χ0v) is 13.1. The van der Waals surface area contributed by atoms with Gasteiger partial charge in [-0.1, -0.05) is 31.9 Å². The molecule has 1 aliphatic rings. The van der Waals surface area contributed by atoms with E-state index in [0.717, 1.165) is 38.0 Å². The van der Waals surface area contributed by atoms with Crippen LogP contribution in [0.5, 0.6) is 0 Å². The Labute approximate surface area is 126 Å². The number of amides is 1. The fourth-order valence-electron chi connectivity index (χ4n) is 2.40. The van der Waals surface area contributed by atoms with Crippen LogP contribution >= 0.6 is 11.6 Å². The number of hydrogen-bond donors (Lipinski definition) is 0. The molecular formula is C16H23ClN2O. The van der Waals surface area contributed by atoms with Crippen molar-refractivity contribution in [2.24, 2.45) is 5.92 Å². The van der Waals surface area contributed by atoms with Crippen LogP contribution in [0.2, 0.25) is 5.15 Å². The van der Waals surface area contributed by atoms with E-state index in [4.69, 9.17) is 11.6 Å². The summed E-state index contributed by atoms with van der Waals surface area (Å²) in [6, 6.07) is 3.59. The minimum Gasteiger partial charge on any atom is -0.338 e. The molecule has 1 aliphatic carbocycles. The minimum absolute atomic E-state index is 0.0976.